The topological polar surface area (TPSA) is 73.6 Å². The predicted octanol–water partition coefficient (Wildman–Crippen LogP) is 2.59. The number of anilines is 2. The summed E-state index contributed by atoms with van der Waals surface area (Å²) in [6.07, 6.45) is 2.08. The van der Waals surface area contributed by atoms with E-state index in [0.717, 1.165) is 43.9 Å². The highest BCUT2D eigenvalue weighted by Gasteiger charge is 2.27. The summed E-state index contributed by atoms with van der Waals surface area (Å²) in [6.45, 7) is 6.62. The van der Waals surface area contributed by atoms with Gasteiger partial charge in [-0.1, -0.05) is 6.92 Å². The van der Waals surface area contributed by atoms with Gasteiger partial charge in [0, 0.05) is 31.1 Å². The number of carbonyl (C=O) groups excluding carboxylic acids is 1. The fraction of sp³-hybridized carbons (Fsp3) is 0.562. The van der Waals surface area contributed by atoms with E-state index in [0.29, 0.717) is 11.3 Å². The molecular weight excluding hydrogens is 268 g/mol. The van der Waals surface area contributed by atoms with E-state index in [-0.39, 0.29) is 5.41 Å². The largest absolute Gasteiger partial charge is 0.465 e. The maximum absolute atomic E-state index is 11.8. The first kappa shape index (κ1) is 15.6. The lowest BCUT2D eigenvalue weighted by Crippen LogP contribution is -2.33. The van der Waals surface area contributed by atoms with Crippen LogP contribution >= 0.6 is 0 Å². The molecule has 0 aromatic heterocycles. The Hall–Kier alpha value is -1.75. The van der Waals surface area contributed by atoms with Crippen LogP contribution in [-0.2, 0) is 9.47 Å². The fourth-order valence-electron chi connectivity index (χ4n) is 2.54. The normalized spacial score (nSPS) is 17.3. The van der Waals surface area contributed by atoms with Gasteiger partial charge in [-0.05, 0) is 42.9 Å². The maximum Gasteiger partial charge on any atom is 0.340 e. The molecule has 1 aromatic carbocycles. The number of esters is 1. The van der Waals surface area contributed by atoms with Crippen LogP contribution in [0.25, 0.3) is 0 Å². The van der Waals surface area contributed by atoms with Crippen molar-refractivity contribution >= 4 is 17.3 Å². The van der Waals surface area contributed by atoms with Crippen LogP contribution < -0.4 is 11.1 Å². The lowest BCUT2D eigenvalue weighted by molar-refractivity contribution is 0.0300. The van der Waals surface area contributed by atoms with Crippen molar-refractivity contribution < 1.29 is 14.3 Å². The first-order chi connectivity index (χ1) is 9.95. The highest BCUT2D eigenvalue weighted by molar-refractivity contribution is 5.97. The van der Waals surface area contributed by atoms with Crippen LogP contribution in [-0.4, -0.2) is 32.8 Å². The molecule has 116 valence electrons. The number of nitrogens with one attached hydrogen (secondary N) is 1. The van der Waals surface area contributed by atoms with E-state index in [9.17, 15) is 4.79 Å². The minimum absolute atomic E-state index is 0.221. The molecule has 0 atom stereocenters. The number of nitrogens with two attached hydrogens (primary N) is 1. The molecule has 1 aromatic rings. The number of methoxy groups -OCH3 is 1. The third-order valence-corrected chi connectivity index (χ3v) is 4.21. The summed E-state index contributed by atoms with van der Waals surface area (Å²) < 4.78 is 10.2. The van der Waals surface area contributed by atoms with Gasteiger partial charge >= 0.3 is 5.97 Å². The lowest BCUT2D eigenvalue weighted by Gasteiger charge is -2.34. The molecular formula is C16H24N2O3. The monoisotopic (exact) mass is 292 g/mol. The first-order valence-corrected chi connectivity index (χ1v) is 7.25. The summed E-state index contributed by atoms with van der Waals surface area (Å²) >= 11 is 0. The van der Waals surface area contributed by atoms with Crippen LogP contribution in [0.3, 0.4) is 0 Å². The van der Waals surface area contributed by atoms with Crippen molar-refractivity contribution in [2.75, 3.05) is 37.9 Å². The van der Waals surface area contributed by atoms with Crippen molar-refractivity contribution in [1.29, 1.82) is 0 Å². The molecule has 0 amide bonds. The zero-order valence-corrected chi connectivity index (χ0v) is 13.0. The van der Waals surface area contributed by atoms with Crippen LogP contribution in [0.2, 0.25) is 0 Å². The predicted molar refractivity (Wildman–Crippen MR) is 83.6 cm³/mol. The Morgan fingerprint density at radius 1 is 1.43 bits per heavy atom. The van der Waals surface area contributed by atoms with E-state index in [2.05, 4.69) is 12.2 Å². The molecule has 2 rings (SSSR count). The number of rotatable bonds is 4. The molecule has 1 heterocycles. The number of aryl methyl sites for hydroxylation is 1. The molecule has 0 aliphatic carbocycles. The Labute approximate surface area is 125 Å². The van der Waals surface area contributed by atoms with Crippen LogP contribution in [0.4, 0.5) is 11.4 Å². The Balaban J connectivity index is 2.13. The van der Waals surface area contributed by atoms with Gasteiger partial charge in [0.05, 0.1) is 12.7 Å². The first-order valence-electron chi connectivity index (χ1n) is 7.25. The van der Waals surface area contributed by atoms with E-state index < -0.39 is 5.97 Å². The summed E-state index contributed by atoms with van der Waals surface area (Å²) in [7, 11) is 1.36. The Morgan fingerprint density at radius 3 is 2.71 bits per heavy atom. The van der Waals surface area contributed by atoms with Gasteiger partial charge in [0.1, 0.15) is 0 Å². The van der Waals surface area contributed by atoms with Gasteiger partial charge in [-0.25, -0.2) is 4.79 Å². The molecule has 1 saturated heterocycles. The van der Waals surface area contributed by atoms with Crippen molar-refractivity contribution in [2.45, 2.75) is 26.7 Å². The van der Waals surface area contributed by atoms with Crippen LogP contribution in [0.5, 0.6) is 0 Å². The molecule has 5 nitrogen and oxygen atoms in total. The summed E-state index contributed by atoms with van der Waals surface area (Å²) in [5, 5.41) is 3.42. The molecule has 0 spiro atoms. The van der Waals surface area contributed by atoms with E-state index >= 15 is 0 Å². The number of nitrogen functional groups attached to an aromatic ring is 1. The standard InChI is InChI=1S/C16H24N2O3/c1-11-8-12(9-13(14(11)17)15(19)20-3)18-10-16(2)4-6-21-7-5-16/h8-9,18H,4-7,10,17H2,1-3H3. The molecule has 0 bridgehead atoms. The van der Waals surface area contributed by atoms with Gasteiger partial charge in [0.15, 0.2) is 0 Å². The summed E-state index contributed by atoms with van der Waals surface area (Å²) in [5.41, 5.74) is 8.83. The number of ether oxygens (including phenoxy) is 2. The molecule has 0 unspecified atom stereocenters. The molecule has 21 heavy (non-hydrogen) atoms. The Kier molecular flexibility index (Phi) is 4.73. The molecule has 0 radical (unpaired) electrons. The van der Waals surface area contributed by atoms with E-state index in [4.69, 9.17) is 15.2 Å². The van der Waals surface area contributed by atoms with Crippen molar-refractivity contribution in [3.05, 3.63) is 23.3 Å². The number of hydrogen-bond donors (Lipinski definition) is 2. The second-order valence-electron chi connectivity index (χ2n) is 6.02. The van der Waals surface area contributed by atoms with Gasteiger partial charge in [-0.2, -0.15) is 0 Å². The average molecular weight is 292 g/mol. The van der Waals surface area contributed by atoms with Crippen LogP contribution in [0, 0.1) is 12.3 Å². The lowest BCUT2D eigenvalue weighted by atomic mass is 9.82. The molecule has 1 aliphatic heterocycles. The second-order valence-corrected chi connectivity index (χ2v) is 6.02. The van der Waals surface area contributed by atoms with Crippen LogP contribution in [0.1, 0.15) is 35.7 Å². The smallest absolute Gasteiger partial charge is 0.340 e. The zero-order valence-electron chi connectivity index (χ0n) is 13.0. The van der Waals surface area contributed by atoms with E-state index in [1.807, 2.05) is 13.0 Å². The minimum Gasteiger partial charge on any atom is -0.465 e. The van der Waals surface area contributed by atoms with Crippen molar-refractivity contribution in [1.82, 2.24) is 0 Å². The Morgan fingerprint density at radius 2 is 2.10 bits per heavy atom. The van der Waals surface area contributed by atoms with Crippen molar-refractivity contribution in [3.63, 3.8) is 0 Å². The molecule has 3 N–H and O–H groups in total. The average Bonchev–Trinajstić information content (AvgIpc) is 2.48. The zero-order chi connectivity index (χ0) is 15.5. The second kappa shape index (κ2) is 6.35. The summed E-state index contributed by atoms with van der Waals surface area (Å²) in [5.74, 6) is -0.406. The summed E-state index contributed by atoms with van der Waals surface area (Å²) in [6, 6.07) is 3.72. The van der Waals surface area contributed by atoms with Gasteiger partial charge in [0.25, 0.3) is 0 Å². The molecule has 0 saturated carbocycles. The maximum atomic E-state index is 11.8. The van der Waals surface area contributed by atoms with E-state index in [1.165, 1.54) is 7.11 Å². The summed E-state index contributed by atoms with van der Waals surface area (Å²) in [4.78, 5) is 11.8. The van der Waals surface area contributed by atoms with E-state index in [1.54, 1.807) is 6.07 Å². The van der Waals surface area contributed by atoms with Gasteiger partial charge < -0.3 is 20.5 Å². The Bertz CT molecular complexity index is 522. The van der Waals surface area contributed by atoms with Crippen molar-refractivity contribution in [3.8, 4) is 0 Å². The third kappa shape index (κ3) is 3.67. The number of benzene rings is 1. The quantitative estimate of drug-likeness (QED) is 0.659. The molecule has 1 aliphatic rings. The third-order valence-electron chi connectivity index (χ3n) is 4.21. The van der Waals surface area contributed by atoms with Gasteiger partial charge in [-0.3, -0.25) is 0 Å². The van der Waals surface area contributed by atoms with Crippen molar-refractivity contribution in [2.24, 2.45) is 5.41 Å². The molecule has 1 fully saturated rings. The molecule has 5 heteroatoms. The highest BCUT2D eigenvalue weighted by Crippen LogP contribution is 2.31. The van der Waals surface area contributed by atoms with Gasteiger partial charge in [-0.15, -0.1) is 0 Å². The van der Waals surface area contributed by atoms with Crippen LogP contribution in [0.15, 0.2) is 12.1 Å². The highest BCUT2D eigenvalue weighted by atomic mass is 16.5. The minimum atomic E-state index is -0.406. The number of hydrogen-bond acceptors (Lipinski definition) is 5. The fourth-order valence-corrected chi connectivity index (χ4v) is 2.54. The van der Waals surface area contributed by atoms with Gasteiger partial charge in [0.2, 0.25) is 0 Å². The number of carbonyl (C=O) groups is 1. The SMILES string of the molecule is COC(=O)c1cc(NCC2(C)CCOCC2)cc(C)c1N.